The summed E-state index contributed by atoms with van der Waals surface area (Å²) in [5, 5.41) is 13.2. The van der Waals surface area contributed by atoms with Gasteiger partial charge in [-0.3, -0.25) is 9.10 Å². The molecule has 3 aromatic rings. The van der Waals surface area contributed by atoms with Crippen LogP contribution in [0.4, 0.5) is 5.69 Å². The highest BCUT2D eigenvalue weighted by Gasteiger charge is 2.27. The highest BCUT2D eigenvalue weighted by Crippen LogP contribution is 2.25. The number of benzene rings is 3. The maximum atomic E-state index is 13.3. The molecule has 0 bridgehead atoms. The first-order valence-corrected chi connectivity index (χ1v) is 11.5. The van der Waals surface area contributed by atoms with E-state index >= 15 is 0 Å². The van der Waals surface area contributed by atoms with Gasteiger partial charge in [0.1, 0.15) is 6.54 Å². The average Bonchev–Trinajstić information content (AvgIpc) is 2.79. The van der Waals surface area contributed by atoms with Crippen molar-refractivity contribution < 1.29 is 23.1 Å². The van der Waals surface area contributed by atoms with Gasteiger partial charge < -0.3 is 5.11 Å². The Hall–Kier alpha value is -3.69. The van der Waals surface area contributed by atoms with Crippen LogP contribution in [0.25, 0.3) is 0 Å². The summed E-state index contributed by atoms with van der Waals surface area (Å²) in [6.07, 6.45) is 1.32. The average molecular weight is 486 g/mol. The number of halogens is 1. The molecule has 0 aliphatic heterocycles. The normalized spacial score (nSPS) is 11.3. The van der Waals surface area contributed by atoms with Crippen LogP contribution in [-0.2, 0) is 14.8 Å². The Balaban J connectivity index is 1.79. The first-order valence-electron chi connectivity index (χ1n) is 9.67. The Morgan fingerprint density at radius 3 is 2.18 bits per heavy atom. The molecule has 8 nitrogen and oxygen atoms in total. The fraction of sp³-hybridized carbons (Fsp3) is 0.0870. The molecule has 0 saturated heterocycles. The summed E-state index contributed by atoms with van der Waals surface area (Å²) in [6, 6.07) is 18.3. The number of nitrogens with zero attached hydrogens (tertiary/aromatic N) is 2. The number of carboxylic acids is 1. The van der Waals surface area contributed by atoms with Gasteiger partial charge in [-0.1, -0.05) is 41.4 Å². The number of aromatic carboxylic acids is 1. The number of carbonyl (C=O) groups excluding carboxylic acids is 1. The van der Waals surface area contributed by atoms with Crippen molar-refractivity contribution in [1.82, 2.24) is 5.43 Å². The molecular weight excluding hydrogens is 466 g/mol. The lowest BCUT2D eigenvalue weighted by atomic mass is 10.1. The lowest BCUT2D eigenvalue weighted by Crippen LogP contribution is -2.39. The topological polar surface area (TPSA) is 116 Å². The van der Waals surface area contributed by atoms with Crippen LogP contribution in [0.15, 0.2) is 82.8 Å². The summed E-state index contributed by atoms with van der Waals surface area (Å²) >= 11 is 5.93. The van der Waals surface area contributed by atoms with E-state index in [1.807, 2.05) is 6.92 Å². The minimum Gasteiger partial charge on any atom is -0.478 e. The molecule has 0 fully saturated rings. The molecule has 170 valence electrons. The molecule has 33 heavy (non-hydrogen) atoms. The van der Waals surface area contributed by atoms with Crippen LogP contribution in [0.3, 0.4) is 0 Å². The van der Waals surface area contributed by atoms with Gasteiger partial charge in [-0.25, -0.2) is 18.6 Å². The number of anilines is 1. The van der Waals surface area contributed by atoms with Crippen LogP contribution in [0, 0.1) is 6.92 Å². The molecule has 3 rings (SSSR count). The fourth-order valence-corrected chi connectivity index (χ4v) is 4.36. The van der Waals surface area contributed by atoms with Gasteiger partial charge in [-0.2, -0.15) is 5.10 Å². The van der Waals surface area contributed by atoms with Crippen molar-refractivity contribution in [3.8, 4) is 0 Å². The van der Waals surface area contributed by atoms with Crippen molar-refractivity contribution in [1.29, 1.82) is 0 Å². The van der Waals surface area contributed by atoms with E-state index in [2.05, 4.69) is 10.5 Å². The molecule has 0 aliphatic rings. The zero-order valence-corrected chi connectivity index (χ0v) is 19.0. The Labute approximate surface area is 196 Å². The summed E-state index contributed by atoms with van der Waals surface area (Å²) in [6.45, 7) is 1.32. The van der Waals surface area contributed by atoms with Crippen molar-refractivity contribution in [2.75, 3.05) is 10.8 Å². The van der Waals surface area contributed by atoms with E-state index in [0.29, 0.717) is 10.6 Å². The highest BCUT2D eigenvalue weighted by atomic mass is 35.5. The summed E-state index contributed by atoms with van der Waals surface area (Å²) in [5.41, 5.74) is 4.14. The van der Waals surface area contributed by atoms with Gasteiger partial charge in [0.05, 0.1) is 22.4 Å². The standard InChI is InChI=1S/C23H20ClN3O5S/c1-16-2-12-21(13-3-16)33(31,32)27(20-10-8-19(24)9-11-20)15-22(28)26-25-14-17-4-6-18(7-5-17)23(29)30/h2-14H,15H2,1H3,(H,26,28)(H,29,30)/b25-14-. The maximum Gasteiger partial charge on any atom is 0.335 e. The third-order valence-electron chi connectivity index (χ3n) is 4.57. The van der Waals surface area contributed by atoms with E-state index in [4.69, 9.17) is 16.7 Å². The molecule has 0 heterocycles. The fourth-order valence-electron chi connectivity index (χ4n) is 2.82. The predicted octanol–water partition coefficient (Wildman–Crippen LogP) is 3.69. The maximum absolute atomic E-state index is 13.3. The molecule has 10 heteroatoms. The number of nitrogens with one attached hydrogen (secondary N) is 1. The van der Waals surface area contributed by atoms with Gasteiger partial charge >= 0.3 is 5.97 Å². The van der Waals surface area contributed by atoms with Gasteiger partial charge in [0.15, 0.2) is 0 Å². The summed E-state index contributed by atoms with van der Waals surface area (Å²) in [7, 11) is -4.05. The number of rotatable bonds is 8. The van der Waals surface area contributed by atoms with Crippen molar-refractivity contribution in [2.24, 2.45) is 5.10 Å². The van der Waals surface area contributed by atoms with E-state index in [9.17, 15) is 18.0 Å². The minimum absolute atomic E-state index is 0.0397. The van der Waals surface area contributed by atoms with E-state index in [-0.39, 0.29) is 16.1 Å². The quantitative estimate of drug-likeness (QED) is 0.373. The van der Waals surface area contributed by atoms with Crippen molar-refractivity contribution >= 4 is 45.4 Å². The molecule has 0 saturated carbocycles. The van der Waals surface area contributed by atoms with Crippen molar-refractivity contribution in [2.45, 2.75) is 11.8 Å². The SMILES string of the molecule is Cc1ccc(S(=O)(=O)N(CC(=O)N/N=C\c2ccc(C(=O)O)cc2)c2ccc(Cl)cc2)cc1. The summed E-state index contributed by atoms with van der Waals surface area (Å²) in [5.74, 6) is -1.72. The molecule has 0 spiro atoms. The predicted molar refractivity (Wildman–Crippen MR) is 126 cm³/mol. The molecule has 0 unspecified atom stereocenters. The van der Waals surface area contributed by atoms with E-state index in [0.717, 1.165) is 9.87 Å². The van der Waals surface area contributed by atoms with Crippen LogP contribution in [-0.4, -0.2) is 38.2 Å². The first-order chi connectivity index (χ1) is 15.7. The van der Waals surface area contributed by atoms with Crippen LogP contribution < -0.4 is 9.73 Å². The lowest BCUT2D eigenvalue weighted by molar-refractivity contribution is -0.119. The van der Waals surface area contributed by atoms with Crippen LogP contribution in [0.1, 0.15) is 21.5 Å². The number of hydrazone groups is 1. The number of hydrogen-bond acceptors (Lipinski definition) is 5. The lowest BCUT2D eigenvalue weighted by Gasteiger charge is -2.23. The number of amides is 1. The number of aryl methyl sites for hydroxylation is 1. The van der Waals surface area contributed by atoms with Crippen LogP contribution in [0.2, 0.25) is 5.02 Å². The highest BCUT2D eigenvalue weighted by molar-refractivity contribution is 7.92. The Kier molecular flexibility index (Phi) is 7.47. The van der Waals surface area contributed by atoms with Crippen LogP contribution >= 0.6 is 11.6 Å². The van der Waals surface area contributed by atoms with E-state index in [1.165, 1.54) is 66.9 Å². The third-order valence-corrected chi connectivity index (χ3v) is 6.61. The van der Waals surface area contributed by atoms with E-state index < -0.39 is 28.4 Å². The Bertz CT molecular complexity index is 1270. The summed E-state index contributed by atoms with van der Waals surface area (Å²) in [4.78, 5) is 23.5. The van der Waals surface area contributed by atoms with Gasteiger partial charge in [-0.15, -0.1) is 0 Å². The molecule has 0 radical (unpaired) electrons. The molecule has 0 aromatic heterocycles. The third kappa shape index (κ3) is 6.18. The summed E-state index contributed by atoms with van der Waals surface area (Å²) < 4.78 is 27.5. The molecule has 2 N–H and O–H groups in total. The van der Waals surface area contributed by atoms with Gasteiger partial charge in [0.2, 0.25) is 0 Å². The van der Waals surface area contributed by atoms with Gasteiger partial charge in [0.25, 0.3) is 15.9 Å². The monoisotopic (exact) mass is 485 g/mol. The van der Waals surface area contributed by atoms with Gasteiger partial charge in [-0.05, 0) is 61.0 Å². The second-order valence-electron chi connectivity index (χ2n) is 7.02. The molecule has 0 atom stereocenters. The van der Waals surface area contributed by atoms with Crippen LogP contribution in [0.5, 0.6) is 0 Å². The molecule has 0 aliphatic carbocycles. The van der Waals surface area contributed by atoms with E-state index in [1.54, 1.807) is 12.1 Å². The largest absolute Gasteiger partial charge is 0.478 e. The van der Waals surface area contributed by atoms with Crippen molar-refractivity contribution in [3.05, 3.63) is 94.5 Å². The molecular formula is C23H20ClN3O5S. The first kappa shape index (κ1) is 24.0. The minimum atomic E-state index is -4.05. The molecule has 1 amide bonds. The Morgan fingerprint density at radius 1 is 1.00 bits per heavy atom. The zero-order valence-electron chi connectivity index (χ0n) is 17.5. The molecule has 3 aromatic carbocycles. The zero-order chi connectivity index (χ0) is 24.0. The Morgan fingerprint density at radius 2 is 1.61 bits per heavy atom. The second-order valence-corrected chi connectivity index (χ2v) is 9.32. The number of carboxylic acid groups (broad SMARTS) is 1. The number of hydrogen-bond donors (Lipinski definition) is 2. The van der Waals surface area contributed by atoms with Gasteiger partial charge in [0, 0.05) is 5.02 Å². The smallest absolute Gasteiger partial charge is 0.335 e. The van der Waals surface area contributed by atoms with Crippen molar-refractivity contribution in [3.63, 3.8) is 0 Å². The second kappa shape index (κ2) is 10.3. The number of carbonyl (C=O) groups is 2. The number of sulfonamides is 1.